The predicted molar refractivity (Wildman–Crippen MR) is 48.5 cm³/mol. The number of alkyl halides is 1. The minimum Gasteiger partial charge on any atom is -0.481 e. The van der Waals surface area contributed by atoms with Crippen molar-refractivity contribution in [2.75, 3.05) is 18.2 Å². The van der Waals surface area contributed by atoms with Gasteiger partial charge in [-0.1, -0.05) is 0 Å². The lowest BCUT2D eigenvalue weighted by Gasteiger charge is -2.27. The first-order valence-electron chi connectivity index (χ1n) is 4.45. The molecule has 0 aromatic heterocycles. The van der Waals surface area contributed by atoms with Crippen LogP contribution in [0.15, 0.2) is 0 Å². The van der Waals surface area contributed by atoms with E-state index in [4.69, 9.17) is 5.11 Å². The Morgan fingerprint density at radius 3 is 2.64 bits per heavy atom. The minimum absolute atomic E-state index is 0.0240. The minimum atomic E-state index is -3.15. The van der Waals surface area contributed by atoms with Crippen LogP contribution >= 0.6 is 0 Å². The van der Waals surface area contributed by atoms with Gasteiger partial charge in [0.15, 0.2) is 9.84 Å². The van der Waals surface area contributed by atoms with Crippen LogP contribution in [0.1, 0.15) is 12.8 Å². The Bertz CT molecular complexity index is 311. The van der Waals surface area contributed by atoms with Crippen LogP contribution < -0.4 is 0 Å². The number of rotatable bonds is 3. The summed E-state index contributed by atoms with van der Waals surface area (Å²) >= 11 is 0. The summed E-state index contributed by atoms with van der Waals surface area (Å²) in [7, 11) is -3.15. The molecule has 1 rings (SSSR count). The first-order valence-corrected chi connectivity index (χ1v) is 6.27. The van der Waals surface area contributed by atoms with E-state index in [-0.39, 0.29) is 24.3 Å². The standard InChI is InChI=1S/C8H13FO4S/c9-3-1-6-5-14(12,13)4-2-7(6)8(10)11/h6-7H,1-5H2,(H,10,11). The normalized spacial score (nSPS) is 31.2. The third kappa shape index (κ3) is 2.67. The fourth-order valence-corrected chi connectivity index (χ4v) is 3.65. The summed E-state index contributed by atoms with van der Waals surface area (Å²) in [6.45, 7) is -0.663. The number of carbonyl (C=O) groups is 1. The van der Waals surface area contributed by atoms with Crippen LogP contribution in [0.3, 0.4) is 0 Å². The van der Waals surface area contributed by atoms with Crippen molar-refractivity contribution < 1.29 is 22.7 Å². The summed E-state index contributed by atoms with van der Waals surface area (Å²) in [6, 6.07) is 0. The van der Waals surface area contributed by atoms with Gasteiger partial charge < -0.3 is 5.11 Å². The molecule has 0 spiro atoms. The summed E-state index contributed by atoms with van der Waals surface area (Å²) in [6.07, 6.45) is 0.137. The summed E-state index contributed by atoms with van der Waals surface area (Å²) in [4.78, 5) is 10.7. The van der Waals surface area contributed by atoms with Crippen LogP contribution in [0.25, 0.3) is 0 Å². The van der Waals surface area contributed by atoms with Crippen LogP contribution in [-0.2, 0) is 14.6 Å². The quantitative estimate of drug-likeness (QED) is 0.757. The number of carboxylic acids is 1. The van der Waals surface area contributed by atoms with Crippen molar-refractivity contribution in [3.05, 3.63) is 0 Å². The van der Waals surface area contributed by atoms with Gasteiger partial charge in [0.05, 0.1) is 24.1 Å². The van der Waals surface area contributed by atoms with Crippen molar-refractivity contribution in [2.45, 2.75) is 12.8 Å². The van der Waals surface area contributed by atoms with E-state index in [1.165, 1.54) is 0 Å². The molecular weight excluding hydrogens is 211 g/mol. The average molecular weight is 224 g/mol. The van der Waals surface area contributed by atoms with E-state index in [1.807, 2.05) is 0 Å². The second kappa shape index (κ2) is 4.25. The Hall–Kier alpha value is -0.650. The molecule has 6 heteroatoms. The van der Waals surface area contributed by atoms with Gasteiger partial charge in [-0.25, -0.2) is 8.42 Å². The highest BCUT2D eigenvalue weighted by molar-refractivity contribution is 7.91. The summed E-state index contributed by atoms with van der Waals surface area (Å²) in [5.74, 6) is -2.55. The van der Waals surface area contributed by atoms with Gasteiger partial charge in [-0.05, 0) is 18.8 Å². The van der Waals surface area contributed by atoms with Gasteiger partial charge in [0, 0.05) is 0 Å². The first kappa shape index (κ1) is 11.4. The van der Waals surface area contributed by atoms with E-state index in [1.54, 1.807) is 0 Å². The van der Waals surface area contributed by atoms with E-state index in [9.17, 15) is 17.6 Å². The van der Waals surface area contributed by atoms with E-state index >= 15 is 0 Å². The zero-order chi connectivity index (χ0) is 10.8. The number of hydrogen-bond acceptors (Lipinski definition) is 3. The molecule has 14 heavy (non-hydrogen) atoms. The van der Waals surface area contributed by atoms with E-state index in [0.717, 1.165) is 0 Å². The highest BCUT2D eigenvalue weighted by Crippen LogP contribution is 2.28. The number of sulfone groups is 1. The average Bonchev–Trinajstić information content (AvgIpc) is 2.02. The molecular formula is C8H13FO4S. The lowest BCUT2D eigenvalue weighted by molar-refractivity contribution is -0.143. The molecule has 0 aromatic rings. The zero-order valence-corrected chi connectivity index (χ0v) is 8.46. The largest absolute Gasteiger partial charge is 0.481 e. The van der Waals surface area contributed by atoms with E-state index in [2.05, 4.69) is 0 Å². The number of aliphatic carboxylic acids is 1. The molecule has 1 fully saturated rings. The van der Waals surface area contributed by atoms with Crippen molar-refractivity contribution in [3.63, 3.8) is 0 Å². The van der Waals surface area contributed by atoms with Gasteiger partial charge in [0.2, 0.25) is 0 Å². The molecule has 1 aliphatic heterocycles. The van der Waals surface area contributed by atoms with Crippen LogP contribution in [0.2, 0.25) is 0 Å². The summed E-state index contributed by atoms with van der Waals surface area (Å²) in [5, 5.41) is 8.79. The molecule has 0 aliphatic carbocycles. The van der Waals surface area contributed by atoms with Crippen molar-refractivity contribution in [2.24, 2.45) is 11.8 Å². The lowest BCUT2D eigenvalue weighted by Crippen LogP contribution is -2.37. The van der Waals surface area contributed by atoms with Crippen molar-refractivity contribution in [1.29, 1.82) is 0 Å². The maximum atomic E-state index is 12.1. The van der Waals surface area contributed by atoms with Gasteiger partial charge >= 0.3 is 5.97 Å². The van der Waals surface area contributed by atoms with Gasteiger partial charge in [0.25, 0.3) is 0 Å². The Labute approximate surface area is 82.0 Å². The van der Waals surface area contributed by atoms with Crippen molar-refractivity contribution in [3.8, 4) is 0 Å². The van der Waals surface area contributed by atoms with Crippen LogP contribution in [0.4, 0.5) is 4.39 Å². The molecule has 2 unspecified atom stereocenters. The van der Waals surface area contributed by atoms with Crippen LogP contribution in [-0.4, -0.2) is 37.7 Å². The zero-order valence-electron chi connectivity index (χ0n) is 7.65. The maximum absolute atomic E-state index is 12.1. The number of carboxylic acid groups (broad SMARTS) is 1. The molecule has 4 nitrogen and oxygen atoms in total. The van der Waals surface area contributed by atoms with Gasteiger partial charge in [-0.3, -0.25) is 9.18 Å². The topological polar surface area (TPSA) is 71.4 Å². The molecule has 0 amide bonds. The molecule has 1 N–H and O–H groups in total. The molecule has 1 saturated heterocycles. The lowest BCUT2D eigenvalue weighted by atomic mass is 9.89. The molecule has 2 atom stereocenters. The van der Waals surface area contributed by atoms with Crippen LogP contribution in [0, 0.1) is 11.8 Å². The second-order valence-corrected chi connectivity index (χ2v) is 5.81. The number of hydrogen-bond donors (Lipinski definition) is 1. The number of halogens is 1. The van der Waals surface area contributed by atoms with Gasteiger partial charge in [0.1, 0.15) is 0 Å². The fraction of sp³-hybridized carbons (Fsp3) is 0.875. The molecule has 82 valence electrons. The van der Waals surface area contributed by atoms with Crippen LogP contribution in [0.5, 0.6) is 0 Å². The molecule has 0 saturated carbocycles. The highest BCUT2D eigenvalue weighted by atomic mass is 32.2. The Balaban J connectivity index is 2.75. The van der Waals surface area contributed by atoms with Gasteiger partial charge in [-0.15, -0.1) is 0 Å². The summed E-state index contributed by atoms with van der Waals surface area (Å²) in [5.41, 5.74) is 0. The molecule has 0 aromatic carbocycles. The smallest absolute Gasteiger partial charge is 0.306 e. The Kier molecular flexibility index (Phi) is 3.47. The molecule has 0 bridgehead atoms. The van der Waals surface area contributed by atoms with Crippen molar-refractivity contribution >= 4 is 15.8 Å². The fourth-order valence-electron chi connectivity index (χ4n) is 1.82. The first-order chi connectivity index (χ1) is 6.46. The monoisotopic (exact) mass is 224 g/mol. The Morgan fingerprint density at radius 2 is 2.14 bits per heavy atom. The predicted octanol–water partition coefficient (Wildman–Crippen LogP) is 0.482. The van der Waals surface area contributed by atoms with E-state index < -0.39 is 34.3 Å². The SMILES string of the molecule is O=C(O)C1CCS(=O)(=O)CC1CCF. The summed E-state index contributed by atoms with van der Waals surface area (Å²) < 4.78 is 34.5. The van der Waals surface area contributed by atoms with Crippen molar-refractivity contribution in [1.82, 2.24) is 0 Å². The molecule has 0 radical (unpaired) electrons. The van der Waals surface area contributed by atoms with Gasteiger partial charge in [-0.2, -0.15) is 0 Å². The Morgan fingerprint density at radius 1 is 1.50 bits per heavy atom. The molecule has 1 aliphatic rings. The maximum Gasteiger partial charge on any atom is 0.306 e. The third-order valence-corrected chi connectivity index (χ3v) is 4.37. The third-order valence-electron chi connectivity index (χ3n) is 2.57. The second-order valence-electron chi connectivity index (χ2n) is 3.59. The van der Waals surface area contributed by atoms with E-state index in [0.29, 0.717) is 0 Å². The molecule has 1 heterocycles. The highest BCUT2D eigenvalue weighted by Gasteiger charge is 2.36.